The van der Waals surface area contributed by atoms with Crippen LogP contribution < -0.4 is 4.74 Å². The monoisotopic (exact) mass is 446 g/mol. The molecule has 3 atom stereocenters. The summed E-state index contributed by atoms with van der Waals surface area (Å²) >= 11 is 0. The Morgan fingerprint density at radius 3 is 1.75 bits per heavy atom. The molecule has 0 saturated carbocycles. The lowest BCUT2D eigenvalue weighted by atomic mass is 9.91. The van der Waals surface area contributed by atoms with Crippen LogP contribution in [0.25, 0.3) is 0 Å². The van der Waals surface area contributed by atoms with Gasteiger partial charge in [0.25, 0.3) is 0 Å². The zero-order valence-corrected chi connectivity index (χ0v) is 22.0. The van der Waals surface area contributed by atoms with Crippen molar-refractivity contribution in [2.24, 2.45) is 23.7 Å². The fraction of sp³-hybridized carbons (Fsp3) is 0.759. The number of aryl methyl sites for hydroxylation is 1. The smallest absolute Gasteiger partial charge is 0.338 e. The Labute approximate surface area is 198 Å². The van der Waals surface area contributed by atoms with Gasteiger partial charge in [-0.3, -0.25) is 0 Å². The fourth-order valence-corrected chi connectivity index (χ4v) is 4.38. The molecule has 0 aliphatic rings. The first-order chi connectivity index (χ1) is 15.2. The first kappa shape index (κ1) is 28.5. The second kappa shape index (κ2) is 16.2. The minimum absolute atomic E-state index is 0.298. The van der Waals surface area contributed by atoms with Crippen molar-refractivity contribution in [1.82, 2.24) is 0 Å². The summed E-state index contributed by atoms with van der Waals surface area (Å²) in [6.07, 6.45) is 13.4. The Morgan fingerprint density at radius 1 is 0.781 bits per heavy atom. The highest BCUT2D eigenvalue weighted by Gasteiger charge is 2.11. The SMILES string of the molecule is COC(=O)c1ccc(OCCC(C)CCC[C@H](C)CCC[C@H](C)CCCC(C)C)cc1C. The Kier molecular flexibility index (Phi) is 14.4. The van der Waals surface area contributed by atoms with E-state index in [1.165, 1.54) is 64.9 Å². The number of carbonyl (C=O) groups is 1. The standard InChI is InChI=1S/C29H50O3/c1-22(2)11-8-12-23(3)13-9-14-24(4)15-10-16-25(5)19-20-32-27-17-18-28(26(6)21-27)29(30)31-7/h17-18,21-25H,8-16,19-20H2,1-7H3/t23-,24-,25?/m1/s1. The van der Waals surface area contributed by atoms with Crippen LogP contribution in [0.4, 0.5) is 0 Å². The molecule has 0 fully saturated rings. The molecule has 0 N–H and O–H groups in total. The molecule has 3 nitrogen and oxygen atoms in total. The molecule has 0 aliphatic carbocycles. The molecule has 0 spiro atoms. The average molecular weight is 447 g/mol. The molecule has 0 aliphatic heterocycles. The van der Waals surface area contributed by atoms with Gasteiger partial charge in [0.15, 0.2) is 0 Å². The molecule has 184 valence electrons. The number of hydrogen-bond donors (Lipinski definition) is 0. The third-order valence-electron chi connectivity index (χ3n) is 6.75. The van der Waals surface area contributed by atoms with Gasteiger partial charge in [0.2, 0.25) is 0 Å². The summed E-state index contributed by atoms with van der Waals surface area (Å²) in [5.41, 5.74) is 1.49. The van der Waals surface area contributed by atoms with E-state index in [4.69, 9.17) is 9.47 Å². The minimum atomic E-state index is -0.298. The van der Waals surface area contributed by atoms with Gasteiger partial charge in [-0.05, 0) is 60.8 Å². The summed E-state index contributed by atoms with van der Waals surface area (Å²) in [6.45, 7) is 14.5. The molecule has 1 unspecified atom stereocenters. The van der Waals surface area contributed by atoms with E-state index in [0.717, 1.165) is 42.1 Å². The van der Waals surface area contributed by atoms with Gasteiger partial charge in [0.1, 0.15) is 5.75 Å². The number of rotatable bonds is 17. The second-order valence-corrected chi connectivity index (χ2v) is 10.6. The van der Waals surface area contributed by atoms with Crippen molar-refractivity contribution < 1.29 is 14.3 Å². The molecule has 1 rings (SSSR count). The molecule has 3 heteroatoms. The number of hydrogen-bond acceptors (Lipinski definition) is 3. The van der Waals surface area contributed by atoms with Crippen LogP contribution >= 0.6 is 0 Å². The average Bonchev–Trinajstić information content (AvgIpc) is 2.73. The maximum atomic E-state index is 11.7. The molecule has 1 aromatic rings. The summed E-state index contributed by atoms with van der Waals surface area (Å²) in [7, 11) is 1.41. The fourth-order valence-electron chi connectivity index (χ4n) is 4.38. The summed E-state index contributed by atoms with van der Waals surface area (Å²) in [6, 6.07) is 5.56. The molecule has 0 heterocycles. The van der Waals surface area contributed by atoms with E-state index in [-0.39, 0.29) is 5.97 Å². The van der Waals surface area contributed by atoms with Crippen LogP contribution in [0, 0.1) is 30.6 Å². The second-order valence-electron chi connectivity index (χ2n) is 10.6. The number of benzene rings is 1. The Hall–Kier alpha value is -1.51. The lowest BCUT2D eigenvalue weighted by Crippen LogP contribution is -2.07. The van der Waals surface area contributed by atoms with Gasteiger partial charge in [0.05, 0.1) is 19.3 Å². The van der Waals surface area contributed by atoms with Gasteiger partial charge < -0.3 is 9.47 Å². The topological polar surface area (TPSA) is 35.5 Å². The van der Waals surface area contributed by atoms with Crippen molar-refractivity contribution in [2.75, 3.05) is 13.7 Å². The lowest BCUT2D eigenvalue weighted by Gasteiger charge is -2.16. The summed E-state index contributed by atoms with van der Waals surface area (Å²) in [5, 5.41) is 0. The van der Waals surface area contributed by atoms with Crippen molar-refractivity contribution in [2.45, 2.75) is 106 Å². The quantitative estimate of drug-likeness (QED) is 0.225. The first-order valence-corrected chi connectivity index (χ1v) is 13.0. The zero-order valence-electron chi connectivity index (χ0n) is 22.0. The van der Waals surface area contributed by atoms with E-state index in [1.54, 1.807) is 6.07 Å². The van der Waals surface area contributed by atoms with Crippen molar-refractivity contribution in [1.29, 1.82) is 0 Å². The third kappa shape index (κ3) is 12.5. The largest absolute Gasteiger partial charge is 0.494 e. The number of esters is 1. The van der Waals surface area contributed by atoms with Crippen molar-refractivity contribution >= 4 is 5.97 Å². The van der Waals surface area contributed by atoms with Crippen LogP contribution in [0.5, 0.6) is 5.75 Å². The van der Waals surface area contributed by atoms with E-state index in [0.29, 0.717) is 11.5 Å². The summed E-state index contributed by atoms with van der Waals surface area (Å²) in [4.78, 5) is 11.7. The van der Waals surface area contributed by atoms with Crippen LogP contribution in [-0.4, -0.2) is 19.7 Å². The van der Waals surface area contributed by atoms with Gasteiger partial charge in [-0.1, -0.05) is 92.4 Å². The van der Waals surface area contributed by atoms with Crippen LogP contribution in [0.1, 0.15) is 115 Å². The van der Waals surface area contributed by atoms with Crippen LogP contribution in [-0.2, 0) is 4.74 Å². The van der Waals surface area contributed by atoms with Crippen LogP contribution in [0.2, 0.25) is 0 Å². The Bertz CT molecular complexity index is 637. The lowest BCUT2D eigenvalue weighted by molar-refractivity contribution is 0.0600. The molecular formula is C29H50O3. The maximum absolute atomic E-state index is 11.7. The van der Waals surface area contributed by atoms with Gasteiger partial charge >= 0.3 is 5.97 Å². The van der Waals surface area contributed by atoms with E-state index in [9.17, 15) is 4.79 Å². The van der Waals surface area contributed by atoms with E-state index >= 15 is 0 Å². The van der Waals surface area contributed by atoms with Gasteiger partial charge in [-0.15, -0.1) is 0 Å². The van der Waals surface area contributed by atoms with Crippen LogP contribution in [0.3, 0.4) is 0 Å². The van der Waals surface area contributed by atoms with Gasteiger partial charge in [-0.25, -0.2) is 4.79 Å². The predicted octanol–water partition coefficient (Wildman–Crippen LogP) is 8.63. The van der Waals surface area contributed by atoms with E-state index < -0.39 is 0 Å². The highest BCUT2D eigenvalue weighted by Crippen LogP contribution is 2.23. The maximum Gasteiger partial charge on any atom is 0.338 e. The van der Waals surface area contributed by atoms with Gasteiger partial charge in [-0.2, -0.15) is 0 Å². The summed E-state index contributed by atoms with van der Waals surface area (Å²) < 4.78 is 10.7. The number of carbonyl (C=O) groups excluding carboxylic acids is 1. The molecule has 0 aromatic heterocycles. The summed E-state index contributed by atoms with van der Waals surface area (Å²) in [5.74, 6) is 3.79. The van der Waals surface area contributed by atoms with E-state index in [1.807, 2.05) is 19.1 Å². The Morgan fingerprint density at radius 2 is 1.28 bits per heavy atom. The third-order valence-corrected chi connectivity index (χ3v) is 6.75. The predicted molar refractivity (Wildman–Crippen MR) is 137 cm³/mol. The zero-order chi connectivity index (χ0) is 23.9. The van der Waals surface area contributed by atoms with E-state index in [2.05, 4.69) is 34.6 Å². The molecule has 0 bridgehead atoms. The van der Waals surface area contributed by atoms with Crippen molar-refractivity contribution in [3.05, 3.63) is 29.3 Å². The molecule has 0 radical (unpaired) electrons. The minimum Gasteiger partial charge on any atom is -0.494 e. The van der Waals surface area contributed by atoms with Gasteiger partial charge in [0, 0.05) is 0 Å². The number of ether oxygens (including phenoxy) is 2. The molecule has 0 saturated heterocycles. The molecule has 0 amide bonds. The highest BCUT2D eigenvalue weighted by atomic mass is 16.5. The number of methoxy groups -OCH3 is 1. The van der Waals surface area contributed by atoms with Crippen molar-refractivity contribution in [3.8, 4) is 5.75 Å². The molecule has 1 aromatic carbocycles. The van der Waals surface area contributed by atoms with Crippen LogP contribution in [0.15, 0.2) is 18.2 Å². The highest BCUT2D eigenvalue weighted by molar-refractivity contribution is 5.91. The normalized spacial score (nSPS) is 14.2. The molecule has 32 heavy (non-hydrogen) atoms. The van der Waals surface area contributed by atoms with Crippen molar-refractivity contribution in [3.63, 3.8) is 0 Å². The molecular weight excluding hydrogens is 396 g/mol. The Balaban J connectivity index is 2.12. The first-order valence-electron chi connectivity index (χ1n) is 13.0.